The Hall–Kier alpha value is 0.600. The van der Waals surface area contributed by atoms with Crippen LogP contribution >= 0.6 is 23.4 Å². The van der Waals surface area contributed by atoms with Crippen molar-refractivity contribution in [3.63, 3.8) is 0 Å². The first-order valence-electron chi connectivity index (χ1n) is 1.73. The normalized spacial score (nSPS) is 34.5. The molecular weight excluding hydrogens is 118 g/mol. The van der Waals surface area contributed by atoms with Crippen molar-refractivity contribution in [3.05, 3.63) is 5.88 Å². The van der Waals surface area contributed by atoms with E-state index in [0.717, 1.165) is 5.75 Å². The van der Waals surface area contributed by atoms with Crippen LogP contribution in [-0.2, 0) is 0 Å². The van der Waals surface area contributed by atoms with Crippen molar-refractivity contribution < 1.29 is 0 Å². The third-order valence-corrected chi connectivity index (χ3v) is 1.87. The summed E-state index contributed by atoms with van der Waals surface area (Å²) in [4.78, 5) is 0. The molecule has 1 N–H and O–H groups in total. The Morgan fingerprint density at radius 3 is 3.00 bits per heavy atom. The highest BCUT2D eigenvalue weighted by Gasteiger charge is 2.09. The van der Waals surface area contributed by atoms with Crippen LogP contribution < -0.4 is 5.32 Å². The number of halogens is 1. The van der Waals surface area contributed by atoms with E-state index >= 15 is 0 Å². The van der Waals surface area contributed by atoms with Gasteiger partial charge in [0.1, 0.15) is 0 Å². The van der Waals surface area contributed by atoms with E-state index in [9.17, 15) is 0 Å². The maximum absolute atomic E-state index is 5.55. The molecule has 1 heterocycles. The minimum atomic E-state index is 0.176. The summed E-state index contributed by atoms with van der Waals surface area (Å²) in [5, 5.41) is 2.92. The van der Waals surface area contributed by atoms with Crippen LogP contribution in [0.1, 0.15) is 0 Å². The second kappa shape index (κ2) is 2.05. The van der Waals surface area contributed by atoms with E-state index in [1.54, 1.807) is 11.8 Å². The molecule has 0 aromatic carbocycles. The Balaban J connectivity index is 2.18. The smallest absolute Gasteiger partial charge is 0.0926 e. The molecule has 1 aliphatic rings. The lowest BCUT2D eigenvalue weighted by Gasteiger charge is -1.90. The zero-order valence-electron chi connectivity index (χ0n) is 3.15. The predicted molar refractivity (Wildman–Crippen MR) is 29.5 cm³/mol. The van der Waals surface area contributed by atoms with Crippen LogP contribution in [0.5, 0.6) is 0 Å². The molecule has 3 heteroatoms. The lowest BCUT2D eigenvalue weighted by Crippen LogP contribution is -2.12. The van der Waals surface area contributed by atoms with E-state index in [0.29, 0.717) is 0 Å². The maximum atomic E-state index is 5.55. The number of hydrogen-bond donors (Lipinski definition) is 1. The minimum absolute atomic E-state index is 0.176. The Labute approximate surface area is 46.4 Å². The minimum Gasteiger partial charge on any atom is -0.287 e. The SMILES string of the molecule is ClC1CS[CH]N1. The molecule has 1 nitrogen and oxygen atoms in total. The highest BCUT2D eigenvalue weighted by atomic mass is 35.5. The average Bonchev–Trinajstić information content (AvgIpc) is 1.86. The third-order valence-electron chi connectivity index (χ3n) is 0.575. The monoisotopic (exact) mass is 122 g/mol. The summed E-state index contributed by atoms with van der Waals surface area (Å²) in [7, 11) is 0. The first-order valence-corrected chi connectivity index (χ1v) is 3.21. The summed E-state index contributed by atoms with van der Waals surface area (Å²) in [6.07, 6.45) is 0. The van der Waals surface area contributed by atoms with Gasteiger partial charge in [-0.05, 0) is 0 Å². The fourth-order valence-electron chi connectivity index (χ4n) is 0.303. The number of hydrogen-bond acceptors (Lipinski definition) is 2. The summed E-state index contributed by atoms with van der Waals surface area (Å²) >= 11 is 7.26. The first-order chi connectivity index (χ1) is 2.89. The van der Waals surface area contributed by atoms with E-state index < -0.39 is 0 Å². The van der Waals surface area contributed by atoms with Gasteiger partial charge in [-0.3, -0.25) is 5.32 Å². The van der Waals surface area contributed by atoms with Crippen molar-refractivity contribution in [1.82, 2.24) is 5.32 Å². The molecule has 0 bridgehead atoms. The van der Waals surface area contributed by atoms with E-state index in [1.165, 1.54) is 0 Å². The van der Waals surface area contributed by atoms with Crippen molar-refractivity contribution in [2.75, 3.05) is 5.75 Å². The maximum Gasteiger partial charge on any atom is 0.0926 e. The second-order valence-electron chi connectivity index (χ2n) is 1.09. The lowest BCUT2D eigenvalue weighted by molar-refractivity contribution is 0.869. The molecule has 1 rings (SSSR count). The highest BCUT2D eigenvalue weighted by molar-refractivity contribution is 8.01. The largest absolute Gasteiger partial charge is 0.287 e. The molecule has 0 aliphatic carbocycles. The van der Waals surface area contributed by atoms with E-state index in [2.05, 4.69) is 5.32 Å². The molecule has 35 valence electrons. The average molecular weight is 123 g/mol. The molecule has 0 amide bonds. The molecule has 0 saturated carbocycles. The van der Waals surface area contributed by atoms with Crippen molar-refractivity contribution in [2.45, 2.75) is 5.50 Å². The van der Waals surface area contributed by atoms with Gasteiger partial charge in [0.2, 0.25) is 0 Å². The lowest BCUT2D eigenvalue weighted by atomic mass is 10.8. The van der Waals surface area contributed by atoms with Crippen LogP contribution in [0.2, 0.25) is 0 Å². The molecule has 1 radical (unpaired) electrons. The van der Waals surface area contributed by atoms with Gasteiger partial charge in [-0.25, -0.2) is 0 Å². The molecule has 1 aliphatic heterocycles. The van der Waals surface area contributed by atoms with Gasteiger partial charge in [0.05, 0.1) is 11.4 Å². The van der Waals surface area contributed by atoms with Gasteiger partial charge in [-0.1, -0.05) is 0 Å². The number of nitrogens with one attached hydrogen (secondary N) is 1. The second-order valence-corrected chi connectivity index (χ2v) is 2.51. The molecular formula is C3H5ClNS. The van der Waals surface area contributed by atoms with Crippen LogP contribution in [-0.4, -0.2) is 11.3 Å². The van der Waals surface area contributed by atoms with Crippen molar-refractivity contribution in [3.8, 4) is 0 Å². The third kappa shape index (κ3) is 1.03. The summed E-state index contributed by atoms with van der Waals surface area (Å²) < 4.78 is 0. The Kier molecular flexibility index (Phi) is 1.62. The Morgan fingerprint density at radius 2 is 2.83 bits per heavy atom. The van der Waals surface area contributed by atoms with Crippen LogP contribution in [0.25, 0.3) is 0 Å². The predicted octanol–water partition coefficient (Wildman–Crippen LogP) is 1.01. The van der Waals surface area contributed by atoms with E-state index in [1.807, 2.05) is 5.88 Å². The summed E-state index contributed by atoms with van der Waals surface area (Å²) in [5.74, 6) is 2.92. The van der Waals surface area contributed by atoms with Gasteiger partial charge < -0.3 is 0 Å². The molecule has 0 aromatic rings. The Bertz CT molecular complexity index is 44.1. The molecule has 1 fully saturated rings. The van der Waals surface area contributed by atoms with Crippen LogP contribution in [0.4, 0.5) is 0 Å². The molecule has 1 unspecified atom stereocenters. The molecule has 6 heavy (non-hydrogen) atoms. The molecule has 1 saturated heterocycles. The number of rotatable bonds is 0. The quantitative estimate of drug-likeness (QED) is 0.380. The summed E-state index contributed by atoms with van der Waals surface area (Å²) in [6, 6.07) is 0. The van der Waals surface area contributed by atoms with Gasteiger partial charge in [0.15, 0.2) is 0 Å². The van der Waals surface area contributed by atoms with E-state index in [4.69, 9.17) is 11.6 Å². The zero-order chi connectivity index (χ0) is 4.41. The van der Waals surface area contributed by atoms with Gasteiger partial charge in [-0.2, -0.15) is 0 Å². The van der Waals surface area contributed by atoms with Gasteiger partial charge >= 0.3 is 0 Å². The fraction of sp³-hybridized carbons (Fsp3) is 0.667. The Morgan fingerprint density at radius 1 is 2.00 bits per heavy atom. The topological polar surface area (TPSA) is 12.0 Å². The zero-order valence-corrected chi connectivity index (χ0v) is 4.72. The number of thioether (sulfide) groups is 1. The van der Waals surface area contributed by atoms with Crippen molar-refractivity contribution in [1.29, 1.82) is 0 Å². The summed E-state index contributed by atoms with van der Waals surface area (Å²) in [5.41, 5.74) is 0.176. The highest BCUT2D eigenvalue weighted by Crippen LogP contribution is 2.15. The fourth-order valence-corrected chi connectivity index (χ4v) is 1.28. The van der Waals surface area contributed by atoms with Crippen molar-refractivity contribution in [2.24, 2.45) is 0 Å². The first kappa shape index (κ1) is 4.75. The van der Waals surface area contributed by atoms with Gasteiger partial charge in [0.25, 0.3) is 0 Å². The standard InChI is InChI=1S/C3H5ClNS/c4-3-1-6-2-5-3/h2-3,5H,1H2. The van der Waals surface area contributed by atoms with Crippen LogP contribution in [0, 0.1) is 5.88 Å². The molecule has 0 spiro atoms. The molecule has 1 atom stereocenters. The number of alkyl halides is 1. The van der Waals surface area contributed by atoms with E-state index in [-0.39, 0.29) is 5.50 Å². The van der Waals surface area contributed by atoms with Gasteiger partial charge in [0, 0.05) is 5.75 Å². The van der Waals surface area contributed by atoms with Crippen molar-refractivity contribution >= 4 is 23.4 Å². The van der Waals surface area contributed by atoms with Gasteiger partial charge in [-0.15, -0.1) is 23.4 Å². The van der Waals surface area contributed by atoms with Crippen LogP contribution in [0.15, 0.2) is 0 Å². The summed E-state index contributed by atoms with van der Waals surface area (Å²) in [6.45, 7) is 0. The molecule has 0 aromatic heterocycles. The van der Waals surface area contributed by atoms with Crippen LogP contribution in [0.3, 0.4) is 0 Å².